The number of halogens is 1. The maximum absolute atomic E-state index is 3.06. The molecule has 0 aromatic heterocycles. The zero-order chi connectivity index (χ0) is 9.80. The van der Waals surface area contributed by atoms with Gasteiger partial charge in [-0.25, -0.2) is 0 Å². The molecule has 0 spiro atoms. The molecule has 1 saturated heterocycles. The van der Waals surface area contributed by atoms with Crippen LogP contribution in [0.5, 0.6) is 0 Å². The number of hydrogen-bond acceptors (Lipinski definition) is 1. The minimum atomic E-state index is 0. The molecule has 16 heavy (non-hydrogen) atoms. The largest absolute Gasteiger partial charge is 2.00 e. The molecule has 1 aromatic rings. The number of piperidine rings is 1. The molecule has 1 nitrogen and oxygen atoms in total. The van der Waals surface area contributed by atoms with Gasteiger partial charge >= 0.3 is 23.1 Å². The van der Waals surface area contributed by atoms with Gasteiger partial charge in [0.25, 0.3) is 0 Å². The van der Waals surface area contributed by atoms with Crippen LogP contribution in [-0.4, -0.2) is 41.0 Å². The summed E-state index contributed by atoms with van der Waals surface area (Å²) in [6.07, 6.45) is 2.76. The van der Waals surface area contributed by atoms with Gasteiger partial charge in [-0.1, -0.05) is 6.92 Å². The Morgan fingerprint density at radius 3 is 2.69 bits per heavy atom. The molecular formula is C13H18BrMgN. The van der Waals surface area contributed by atoms with Crippen molar-refractivity contribution >= 4 is 23.1 Å². The van der Waals surface area contributed by atoms with Crippen LogP contribution < -0.4 is 17.0 Å². The van der Waals surface area contributed by atoms with Gasteiger partial charge in [0.2, 0.25) is 0 Å². The molecule has 0 saturated carbocycles. The Kier molecular flexibility index (Phi) is 8.73. The van der Waals surface area contributed by atoms with Crippen LogP contribution in [0.15, 0.2) is 24.3 Å². The molecule has 0 aliphatic carbocycles. The summed E-state index contributed by atoms with van der Waals surface area (Å²) in [4.78, 5) is 2.56. The minimum absolute atomic E-state index is 0. The van der Waals surface area contributed by atoms with Crippen LogP contribution in [0.3, 0.4) is 0 Å². The monoisotopic (exact) mass is 291 g/mol. The first kappa shape index (κ1) is 16.4. The Bertz CT molecular complexity index is 279. The molecule has 1 atom stereocenters. The minimum Gasteiger partial charge on any atom is -1.00 e. The third-order valence-electron chi connectivity index (χ3n) is 2.93. The van der Waals surface area contributed by atoms with Gasteiger partial charge in [0.05, 0.1) is 0 Å². The first-order chi connectivity index (χ1) is 6.84. The Hall–Kier alpha value is 0.426. The summed E-state index contributed by atoms with van der Waals surface area (Å²) >= 11 is 0. The summed E-state index contributed by atoms with van der Waals surface area (Å²) in [7, 11) is 0. The van der Waals surface area contributed by atoms with E-state index < -0.39 is 0 Å². The summed E-state index contributed by atoms with van der Waals surface area (Å²) in [5.74, 6) is 0.874. The van der Waals surface area contributed by atoms with Crippen molar-refractivity contribution in [1.29, 1.82) is 0 Å². The maximum Gasteiger partial charge on any atom is 2.00 e. The molecule has 0 amide bonds. The van der Waals surface area contributed by atoms with E-state index in [1.807, 2.05) is 12.1 Å². The van der Waals surface area contributed by atoms with Crippen molar-refractivity contribution in [2.24, 2.45) is 5.92 Å². The SMILES string of the molecule is CC1CCCN(Cc2cc[c-]cc2)C1.[Br-].[Mg+2]. The zero-order valence-electron chi connectivity index (χ0n) is 9.95. The second kappa shape index (κ2) is 8.51. The van der Waals surface area contributed by atoms with Gasteiger partial charge in [-0.15, -0.1) is 5.56 Å². The average Bonchev–Trinajstić information content (AvgIpc) is 2.19. The van der Waals surface area contributed by atoms with Crippen molar-refractivity contribution < 1.29 is 17.0 Å². The number of hydrogen-bond donors (Lipinski definition) is 0. The van der Waals surface area contributed by atoms with E-state index in [0.29, 0.717) is 0 Å². The molecule has 0 radical (unpaired) electrons. The second-order valence-corrected chi connectivity index (χ2v) is 4.39. The van der Waals surface area contributed by atoms with E-state index in [2.05, 4.69) is 30.0 Å². The number of likely N-dealkylation sites (tertiary alicyclic amines) is 1. The fourth-order valence-electron chi connectivity index (χ4n) is 2.22. The number of benzene rings is 1. The van der Waals surface area contributed by atoms with E-state index in [-0.39, 0.29) is 40.0 Å². The predicted octanol–water partition coefficient (Wildman–Crippen LogP) is -0.658. The van der Waals surface area contributed by atoms with Gasteiger partial charge < -0.3 is 21.9 Å². The van der Waals surface area contributed by atoms with Crippen LogP contribution in [0.4, 0.5) is 0 Å². The summed E-state index contributed by atoms with van der Waals surface area (Å²) in [5.41, 5.74) is 1.41. The first-order valence-corrected chi connectivity index (χ1v) is 5.52. The second-order valence-electron chi connectivity index (χ2n) is 4.39. The first-order valence-electron chi connectivity index (χ1n) is 5.52. The summed E-state index contributed by atoms with van der Waals surface area (Å²) < 4.78 is 0. The standard InChI is InChI=1S/C13H18N.BrH.Mg/c1-12-6-5-9-14(10-12)11-13-7-3-2-4-8-13;;/h3-4,7-8,12H,5-6,9-11H2,1H3;1H;/q-1;;+2/p-1. The summed E-state index contributed by atoms with van der Waals surface area (Å²) in [6.45, 7) is 5.99. The average molecular weight is 293 g/mol. The quantitative estimate of drug-likeness (QED) is 0.517. The van der Waals surface area contributed by atoms with Crippen LogP contribution in [0.2, 0.25) is 0 Å². The van der Waals surface area contributed by atoms with E-state index in [4.69, 9.17) is 0 Å². The Morgan fingerprint density at radius 1 is 1.38 bits per heavy atom. The Morgan fingerprint density at radius 2 is 2.06 bits per heavy atom. The molecule has 2 rings (SSSR count). The fourth-order valence-corrected chi connectivity index (χ4v) is 2.22. The van der Waals surface area contributed by atoms with E-state index in [0.717, 1.165) is 12.5 Å². The zero-order valence-corrected chi connectivity index (χ0v) is 13.0. The normalized spacial score (nSPS) is 20.7. The van der Waals surface area contributed by atoms with Gasteiger partial charge in [0, 0.05) is 13.1 Å². The van der Waals surface area contributed by atoms with Gasteiger partial charge in [0.1, 0.15) is 0 Å². The Balaban J connectivity index is 0.00000112. The molecule has 1 aromatic carbocycles. The van der Waals surface area contributed by atoms with E-state index in [9.17, 15) is 0 Å². The van der Waals surface area contributed by atoms with Crippen molar-refractivity contribution in [3.63, 3.8) is 0 Å². The molecular weight excluding hydrogens is 274 g/mol. The molecule has 1 unspecified atom stereocenters. The third kappa shape index (κ3) is 5.17. The van der Waals surface area contributed by atoms with Crippen LogP contribution >= 0.6 is 0 Å². The predicted molar refractivity (Wildman–Crippen MR) is 64.7 cm³/mol. The van der Waals surface area contributed by atoms with Crippen molar-refractivity contribution in [2.45, 2.75) is 26.3 Å². The van der Waals surface area contributed by atoms with Gasteiger partial charge in [0.15, 0.2) is 0 Å². The molecule has 84 valence electrons. The van der Waals surface area contributed by atoms with Crippen LogP contribution in [0.1, 0.15) is 25.3 Å². The molecule has 1 aliphatic rings. The molecule has 0 N–H and O–H groups in total. The van der Waals surface area contributed by atoms with E-state index in [1.165, 1.54) is 31.5 Å². The molecule has 1 fully saturated rings. The third-order valence-corrected chi connectivity index (χ3v) is 2.93. The smallest absolute Gasteiger partial charge is 1.00 e. The topological polar surface area (TPSA) is 3.24 Å². The van der Waals surface area contributed by atoms with E-state index >= 15 is 0 Å². The maximum atomic E-state index is 3.06. The fraction of sp³-hybridized carbons (Fsp3) is 0.538. The molecule has 1 heterocycles. The van der Waals surface area contributed by atoms with Crippen LogP contribution in [0.25, 0.3) is 0 Å². The van der Waals surface area contributed by atoms with Crippen LogP contribution in [-0.2, 0) is 6.54 Å². The van der Waals surface area contributed by atoms with Crippen molar-refractivity contribution in [3.05, 3.63) is 35.9 Å². The number of nitrogens with zero attached hydrogens (tertiary/aromatic N) is 1. The van der Waals surface area contributed by atoms with Gasteiger partial charge in [-0.2, -0.15) is 30.3 Å². The summed E-state index contributed by atoms with van der Waals surface area (Å²) in [5, 5.41) is 0. The van der Waals surface area contributed by atoms with Crippen molar-refractivity contribution in [2.75, 3.05) is 13.1 Å². The van der Waals surface area contributed by atoms with Gasteiger partial charge in [-0.3, -0.25) is 0 Å². The van der Waals surface area contributed by atoms with E-state index in [1.54, 1.807) is 0 Å². The Labute approximate surface area is 126 Å². The summed E-state index contributed by atoms with van der Waals surface area (Å²) in [6, 6.07) is 11.4. The van der Waals surface area contributed by atoms with Crippen molar-refractivity contribution in [3.8, 4) is 0 Å². The van der Waals surface area contributed by atoms with Crippen molar-refractivity contribution in [1.82, 2.24) is 4.90 Å². The molecule has 1 aliphatic heterocycles. The number of rotatable bonds is 2. The van der Waals surface area contributed by atoms with Gasteiger partial charge in [-0.05, 0) is 25.3 Å². The molecule has 0 bridgehead atoms. The van der Waals surface area contributed by atoms with Crippen LogP contribution in [0, 0.1) is 12.0 Å². The molecule has 3 heteroatoms.